The summed E-state index contributed by atoms with van der Waals surface area (Å²) in [7, 11) is 1.73. The number of allylic oxidation sites excluding steroid dienone is 2. The Hall–Kier alpha value is -3.26. The molecule has 0 unspecified atom stereocenters. The van der Waals surface area contributed by atoms with Gasteiger partial charge < -0.3 is 26.5 Å². The Bertz CT molecular complexity index is 964. The van der Waals surface area contributed by atoms with Crippen LogP contribution in [0.25, 0.3) is 16.6 Å². The lowest BCUT2D eigenvalue weighted by molar-refractivity contribution is 0.0986. The van der Waals surface area contributed by atoms with Gasteiger partial charge in [-0.3, -0.25) is 9.98 Å². The second-order valence-corrected chi connectivity index (χ2v) is 6.46. The largest absolute Gasteiger partial charge is 0.405 e. The second-order valence-electron chi connectivity index (χ2n) is 6.46. The molecule has 0 spiro atoms. The van der Waals surface area contributed by atoms with Gasteiger partial charge >= 0.3 is 0 Å². The van der Waals surface area contributed by atoms with Crippen molar-refractivity contribution in [2.24, 2.45) is 16.5 Å². The van der Waals surface area contributed by atoms with Crippen LogP contribution in [0.3, 0.4) is 0 Å². The van der Waals surface area contributed by atoms with Crippen molar-refractivity contribution in [2.45, 2.75) is 13.0 Å². The first-order valence-electron chi connectivity index (χ1n) is 9.06. The number of pyridine rings is 2. The van der Waals surface area contributed by atoms with Crippen LogP contribution in [0.4, 0.5) is 5.82 Å². The van der Waals surface area contributed by atoms with Gasteiger partial charge in [0.15, 0.2) is 0 Å². The number of rotatable bonds is 5. The minimum Gasteiger partial charge on any atom is -0.405 e. The minimum atomic E-state index is 0.188. The summed E-state index contributed by atoms with van der Waals surface area (Å²) in [6.45, 7) is 4.13. The lowest BCUT2D eigenvalue weighted by Gasteiger charge is -2.34. The normalized spacial score (nSPS) is 18.8. The number of hydrogen-bond acceptors (Lipinski definition) is 8. The van der Waals surface area contributed by atoms with E-state index in [1.54, 1.807) is 19.3 Å². The zero-order valence-corrected chi connectivity index (χ0v) is 16.1. The summed E-state index contributed by atoms with van der Waals surface area (Å²) >= 11 is 0. The molecule has 1 atom stereocenters. The zero-order valence-electron chi connectivity index (χ0n) is 16.1. The summed E-state index contributed by atoms with van der Waals surface area (Å²) < 4.78 is 5.56. The number of hydrogen-bond donors (Lipinski definition) is 3. The highest BCUT2D eigenvalue weighted by molar-refractivity contribution is 6.17. The van der Waals surface area contributed by atoms with Crippen molar-refractivity contribution in [3.05, 3.63) is 47.9 Å². The van der Waals surface area contributed by atoms with Gasteiger partial charge in [-0.15, -0.1) is 0 Å². The third kappa shape index (κ3) is 3.72. The molecule has 0 saturated carbocycles. The smallest absolute Gasteiger partial charge is 0.130 e. The van der Waals surface area contributed by atoms with Gasteiger partial charge in [-0.1, -0.05) is 0 Å². The number of nitrogens with one attached hydrogen (secondary N) is 1. The van der Waals surface area contributed by atoms with Gasteiger partial charge in [0.1, 0.15) is 17.0 Å². The van der Waals surface area contributed by atoms with Crippen LogP contribution in [-0.2, 0) is 4.74 Å². The van der Waals surface area contributed by atoms with Gasteiger partial charge in [0.05, 0.1) is 30.7 Å². The molecule has 1 aliphatic heterocycles. The second kappa shape index (κ2) is 8.62. The molecule has 8 nitrogen and oxygen atoms in total. The van der Waals surface area contributed by atoms with Crippen molar-refractivity contribution in [1.82, 2.24) is 9.97 Å². The maximum Gasteiger partial charge on any atom is 0.130 e. The minimum absolute atomic E-state index is 0.188. The summed E-state index contributed by atoms with van der Waals surface area (Å²) in [5, 5.41) is 8.19. The Morgan fingerprint density at radius 3 is 2.96 bits per heavy atom. The van der Waals surface area contributed by atoms with Crippen molar-refractivity contribution in [3.8, 4) is 0 Å². The fraction of sp³-hybridized carbons (Fsp3) is 0.300. The summed E-state index contributed by atoms with van der Waals surface area (Å²) in [5.74, 6) is 0.807. The van der Waals surface area contributed by atoms with Gasteiger partial charge in [0.25, 0.3) is 0 Å². The van der Waals surface area contributed by atoms with Crippen LogP contribution in [0.15, 0.2) is 41.7 Å². The van der Waals surface area contributed by atoms with Gasteiger partial charge in [-0.2, -0.15) is 0 Å². The van der Waals surface area contributed by atoms with E-state index < -0.39 is 0 Å². The third-order valence-electron chi connectivity index (χ3n) is 4.68. The molecule has 5 N–H and O–H groups in total. The molecule has 3 heterocycles. The van der Waals surface area contributed by atoms with E-state index >= 15 is 0 Å². The molecular weight excluding hydrogens is 354 g/mol. The van der Waals surface area contributed by atoms with E-state index in [0.29, 0.717) is 30.1 Å². The van der Waals surface area contributed by atoms with Crippen LogP contribution < -0.4 is 16.4 Å². The van der Waals surface area contributed by atoms with Gasteiger partial charge in [0.2, 0.25) is 0 Å². The molecule has 28 heavy (non-hydrogen) atoms. The van der Waals surface area contributed by atoms with Crippen LogP contribution in [0.1, 0.15) is 18.2 Å². The van der Waals surface area contributed by atoms with E-state index in [2.05, 4.69) is 21.8 Å². The Morgan fingerprint density at radius 2 is 2.29 bits per heavy atom. The molecule has 1 saturated heterocycles. The molecule has 2 aromatic rings. The fourth-order valence-electron chi connectivity index (χ4n) is 3.32. The standard InChI is InChI=1S/C20H25N7O/c1-13-12-28-10-9-27(13)18-11-15(17(24-2)4-7-22)14-5-8-25-20(19(14)26-18)16(23)3-6-21/h3-8,11,13,21H,9-10,12,22-23H2,1-2H3/b7-4-,16-3-,21-6?,24-17?/t13-/m1/s1. The molecule has 0 aromatic carbocycles. The SMILES string of the molecule is CN=C(/C=C\N)c1cc(N2CCOC[C@H]2C)nc2c(/C(N)=C/C=N)nccc12. The monoisotopic (exact) mass is 379 g/mol. The van der Waals surface area contributed by atoms with Gasteiger partial charge in [-0.25, -0.2) is 4.98 Å². The highest BCUT2D eigenvalue weighted by Gasteiger charge is 2.23. The van der Waals surface area contributed by atoms with E-state index in [1.807, 2.05) is 12.1 Å². The predicted molar refractivity (Wildman–Crippen MR) is 114 cm³/mol. The van der Waals surface area contributed by atoms with E-state index in [0.717, 1.165) is 35.2 Å². The molecule has 0 radical (unpaired) electrons. The van der Waals surface area contributed by atoms with Crippen LogP contribution in [-0.4, -0.2) is 54.7 Å². The molecular formula is C20H25N7O. The number of morpholine rings is 1. The summed E-state index contributed by atoms with van der Waals surface area (Å²) in [5.41, 5.74) is 15.0. The summed E-state index contributed by atoms with van der Waals surface area (Å²) in [4.78, 5) is 15.9. The number of aliphatic imine (C=N–C) groups is 1. The molecule has 0 aliphatic carbocycles. The fourth-order valence-corrected chi connectivity index (χ4v) is 3.32. The van der Waals surface area contributed by atoms with E-state index in [9.17, 15) is 0 Å². The van der Waals surface area contributed by atoms with Crippen molar-refractivity contribution in [3.63, 3.8) is 0 Å². The first-order chi connectivity index (χ1) is 13.6. The molecule has 2 aromatic heterocycles. The number of fused-ring (bicyclic) bond motifs is 1. The zero-order chi connectivity index (χ0) is 20.1. The molecule has 0 bridgehead atoms. The van der Waals surface area contributed by atoms with Gasteiger partial charge in [0, 0.05) is 37.0 Å². The van der Waals surface area contributed by atoms with Crippen molar-refractivity contribution in [2.75, 3.05) is 31.7 Å². The van der Waals surface area contributed by atoms with Crippen LogP contribution in [0.5, 0.6) is 0 Å². The topological polar surface area (TPSA) is 126 Å². The van der Waals surface area contributed by atoms with E-state index in [4.69, 9.17) is 26.6 Å². The third-order valence-corrected chi connectivity index (χ3v) is 4.68. The lowest BCUT2D eigenvalue weighted by Crippen LogP contribution is -2.44. The highest BCUT2D eigenvalue weighted by Crippen LogP contribution is 2.29. The summed E-state index contributed by atoms with van der Waals surface area (Å²) in [6, 6.07) is 4.10. The number of anilines is 1. The first-order valence-corrected chi connectivity index (χ1v) is 9.06. The first kappa shape index (κ1) is 19.5. The average molecular weight is 379 g/mol. The Morgan fingerprint density at radius 1 is 1.46 bits per heavy atom. The maximum absolute atomic E-state index is 7.32. The predicted octanol–water partition coefficient (Wildman–Crippen LogP) is 1.70. The van der Waals surface area contributed by atoms with Gasteiger partial charge in [-0.05, 0) is 37.4 Å². The summed E-state index contributed by atoms with van der Waals surface area (Å²) in [6.07, 6.45) is 7.56. The number of ether oxygens (including phenoxy) is 1. The molecule has 1 fully saturated rings. The highest BCUT2D eigenvalue weighted by atomic mass is 16.5. The van der Waals surface area contributed by atoms with Crippen LogP contribution in [0.2, 0.25) is 0 Å². The molecule has 146 valence electrons. The molecule has 0 amide bonds. The molecule has 1 aliphatic rings. The number of nitrogens with zero attached hydrogens (tertiary/aromatic N) is 4. The number of nitrogens with two attached hydrogens (primary N) is 2. The number of aromatic nitrogens is 2. The Labute approximate surface area is 164 Å². The van der Waals surface area contributed by atoms with E-state index in [-0.39, 0.29) is 6.04 Å². The van der Waals surface area contributed by atoms with Crippen LogP contribution >= 0.6 is 0 Å². The Balaban J connectivity index is 2.32. The van der Waals surface area contributed by atoms with Crippen molar-refractivity contribution < 1.29 is 4.74 Å². The van der Waals surface area contributed by atoms with Crippen molar-refractivity contribution >= 4 is 34.3 Å². The lowest BCUT2D eigenvalue weighted by atomic mass is 10.0. The van der Waals surface area contributed by atoms with Crippen LogP contribution in [0, 0.1) is 5.41 Å². The van der Waals surface area contributed by atoms with Crippen molar-refractivity contribution in [1.29, 1.82) is 5.41 Å². The van der Waals surface area contributed by atoms with E-state index in [1.165, 1.54) is 12.3 Å². The Kier molecular flexibility index (Phi) is 6.00. The molecule has 3 rings (SSSR count). The molecule has 8 heteroatoms. The quantitative estimate of drug-likeness (QED) is 0.679. The average Bonchev–Trinajstić information content (AvgIpc) is 2.71. The maximum atomic E-state index is 7.32.